The number of piperidine rings is 1. The lowest BCUT2D eigenvalue weighted by Crippen LogP contribution is -2.55. The number of fused-ring (bicyclic) bond motifs is 1. The topological polar surface area (TPSA) is 49.6 Å². The second-order valence-electron chi connectivity index (χ2n) is 3.97. The summed E-state index contributed by atoms with van der Waals surface area (Å²) in [5.41, 5.74) is 5.35. The summed E-state index contributed by atoms with van der Waals surface area (Å²) in [6.45, 7) is 2.71. The van der Waals surface area contributed by atoms with Gasteiger partial charge in [-0.25, -0.2) is 0 Å². The van der Waals surface area contributed by atoms with Gasteiger partial charge in [0.1, 0.15) is 0 Å². The molecule has 2 saturated heterocycles. The minimum atomic E-state index is 0.331. The molecule has 2 heterocycles. The number of hydrogen-bond acceptors (Lipinski definition) is 3. The van der Waals surface area contributed by atoms with E-state index >= 15 is 0 Å². The van der Waals surface area contributed by atoms with Crippen LogP contribution >= 0.6 is 0 Å². The van der Waals surface area contributed by atoms with Crippen molar-refractivity contribution >= 4 is 5.91 Å². The Labute approximate surface area is 84.3 Å². The molecule has 4 heteroatoms. The van der Waals surface area contributed by atoms with Gasteiger partial charge in [0.05, 0.1) is 0 Å². The van der Waals surface area contributed by atoms with Crippen molar-refractivity contribution < 1.29 is 4.79 Å². The van der Waals surface area contributed by atoms with Gasteiger partial charge in [0.25, 0.3) is 0 Å². The van der Waals surface area contributed by atoms with Gasteiger partial charge < -0.3 is 15.5 Å². The molecule has 0 aromatic carbocycles. The van der Waals surface area contributed by atoms with Crippen LogP contribution in [-0.2, 0) is 4.79 Å². The van der Waals surface area contributed by atoms with E-state index in [-0.39, 0.29) is 0 Å². The van der Waals surface area contributed by atoms with E-state index < -0.39 is 0 Å². The summed E-state index contributed by atoms with van der Waals surface area (Å²) in [6.07, 6.45) is 6.40. The molecule has 1 amide bonds. The van der Waals surface area contributed by atoms with Crippen molar-refractivity contribution in [1.82, 2.24) is 9.80 Å². The number of nitrogens with two attached hydrogens (primary N) is 1. The summed E-state index contributed by atoms with van der Waals surface area (Å²) in [6, 6.07) is 0.418. The Bertz CT molecular complexity index is 252. The third-order valence-corrected chi connectivity index (χ3v) is 3.06. The van der Waals surface area contributed by atoms with Gasteiger partial charge in [-0.3, -0.25) is 4.79 Å². The van der Waals surface area contributed by atoms with Crippen molar-refractivity contribution in [3.05, 3.63) is 12.4 Å². The summed E-state index contributed by atoms with van der Waals surface area (Å²) >= 11 is 0. The number of nitrogens with zero attached hydrogens (tertiary/aromatic N) is 2. The average Bonchev–Trinajstić information content (AvgIpc) is 2.18. The molecule has 0 radical (unpaired) electrons. The third-order valence-electron chi connectivity index (χ3n) is 3.06. The van der Waals surface area contributed by atoms with E-state index in [9.17, 15) is 4.79 Å². The molecule has 0 aromatic rings. The molecule has 0 aliphatic carbocycles. The largest absolute Gasteiger partial charge is 0.403 e. The zero-order chi connectivity index (χ0) is 9.97. The maximum atomic E-state index is 11.6. The van der Waals surface area contributed by atoms with Crippen LogP contribution in [0.4, 0.5) is 0 Å². The molecule has 78 valence electrons. The Kier molecular flexibility index (Phi) is 2.61. The molecule has 1 unspecified atom stereocenters. The van der Waals surface area contributed by atoms with E-state index in [0.29, 0.717) is 11.9 Å². The molecule has 2 rings (SSSR count). The number of rotatable bonds is 1. The SMILES string of the molecule is N/C=C\N1CCN2C(=O)CCCC2C1. The highest BCUT2D eigenvalue weighted by Gasteiger charge is 2.31. The average molecular weight is 195 g/mol. The molecule has 4 nitrogen and oxygen atoms in total. The molecular weight excluding hydrogens is 178 g/mol. The first-order chi connectivity index (χ1) is 6.81. The molecule has 2 N–H and O–H groups in total. The van der Waals surface area contributed by atoms with Crippen molar-refractivity contribution in [3.63, 3.8) is 0 Å². The molecule has 0 aromatic heterocycles. The lowest BCUT2D eigenvalue weighted by atomic mass is 9.99. The second-order valence-corrected chi connectivity index (χ2v) is 3.97. The van der Waals surface area contributed by atoms with E-state index in [1.165, 1.54) is 0 Å². The van der Waals surface area contributed by atoms with Crippen molar-refractivity contribution in [3.8, 4) is 0 Å². The summed E-state index contributed by atoms with van der Waals surface area (Å²) in [5, 5.41) is 0. The van der Waals surface area contributed by atoms with Gasteiger partial charge >= 0.3 is 0 Å². The van der Waals surface area contributed by atoms with Gasteiger partial charge in [0, 0.05) is 44.5 Å². The standard InChI is InChI=1S/C10H17N3O/c11-4-5-12-6-7-13-9(8-12)2-1-3-10(13)14/h4-5,9H,1-3,6-8,11H2/b5-4-. The first-order valence-electron chi connectivity index (χ1n) is 5.23. The lowest BCUT2D eigenvalue weighted by molar-refractivity contribution is -0.138. The highest BCUT2D eigenvalue weighted by Crippen LogP contribution is 2.21. The molecule has 2 aliphatic heterocycles. The van der Waals surface area contributed by atoms with Crippen LogP contribution in [0.3, 0.4) is 0 Å². The maximum absolute atomic E-state index is 11.6. The predicted molar refractivity (Wildman–Crippen MR) is 54.3 cm³/mol. The first-order valence-corrected chi connectivity index (χ1v) is 5.23. The van der Waals surface area contributed by atoms with Crippen LogP contribution < -0.4 is 5.73 Å². The van der Waals surface area contributed by atoms with Crippen LogP contribution in [0.25, 0.3) is 0 Å². The Balaban J connectivity index is 1.99. The van der Waals surface area contributed by atoms with Gasteiger partial charge in [-0.1, -0.05) is 0 Å². The second kappa shape index (κ2) is 3.90. The van der Waals surface area contributed by atoms with Crippen LogP contribution in [0.5, 0.6) is 0 Å². The van der Waals surface area contributed by atoms with Crippen molar-refractivity contribution in [2.24, 2.45) is 5.73 Å². The Hall–Kier alpha value is -1.19. The van der Waals surface area contributed by atoms with Crippen LogP contribution in [-0.4, -0.2) is 41.4 Å². The van der Waals surface area contributed by atoms with Gasteiger partial charge in [-0.2, -0.15) is 0 Å². The van der Waals surface area contributed by atoms with Crippen LogP contribution in [0.2, 0.25) is 0 Å². The molecule has 0 spiro atoms. The van der Waals surface area contributed by atoms with Crippen molar-refractivity contribution in [2.45, 2.75) is 25.3 Å². The smallest absolute Gasteiger partial charge is 0.222 e. The number of piperazine rings is 1. The maximum Gasteiger partial charge on any atom is 0.222 e. The third kappa shape index (κ3) is 1.69. The number of carbonyl (C=O) groups is 1. The fourth-order valence-electron chi connectivity index (χ4n) is 2.34. The molecule has 2 aliphatic rings. The zero-order valence-corrected chi connectivity index (χ0v) is 8.35. The van der Waals surface area contributed by atoms with Crippen molar-refractivity contribution in [2.75, 3.05) is 19.6 Å². The first kappa shape index (κ1) is 9.37. The Morgan fingerprint density at radius 3 is 3.07 bits per heavy atom. The van der Waals surface area contributed by atoms with E-state index in [1.807, 2.05) is 11.1 Å². The van der Waals surface area contributed by atoms with Crippen LogP contribution in [0, 0.1) is 0 Å². The molecule has 0 saturated carbocycles. The summed E-state index contributed by atoms with van der Waals surface area (Å²) in [7, 11) is 0. The molecule has 1 atom stereocenters. The van der Waals surface area contributed by atoms with Gasteiger partial charge in [-0.15, -0.1) is 0 Å². The van der Waals surface area contributed by atoms with E-state index in [4.69, 9.17) is 5.73 Å². The van der Waals surface area contributed by atoms with E-state index in [1.54, 1.807) is 6.20 Å². The lowest BCUT2D eigenvalue weighted by Gasteiger charge is -2.43. The zero-order valence-electron chi connectivity index (χ0n) is 8.35. The van der Waals surface area contributed by atoms with Crippen LogP contribution in [0.1, 0.15) is 19.3 Å². The van der Waals surface area contributed by atoms with Crippen molar-refractivity contribution in [1.29, 1.82) is 0 Å². The van der Waals surface area contributed by atoms with Crippen LogP contribution in [0.15, 0.2) is 12.4 Å². The summed E-state index contributed by atoms with van der Waals surface area (Å²) < 4.78 is 0. The predicted octanol–water partition coefficient (Wildman–Crippen LogP) is 0.113. The summed E-state index contributed by atoms with van der Waals surface area (Å²) in [4.78, 5) is 15.8. The molecule has 2 fully saturated rings. The minimum absolute atomic E-state index is 0.331. The molecule has 14 heavy (non-hydrogen) atoms. The number of carbonyl (C=O) groups excluding carboxylic acids is 1. The Morgan fingerprint density at radius 2 is 2.29 bits per heavy atom. The Morgan fingerprint density at radius 1 is 1.43 bits per heavy atom. The highest BCUT2D eigenvalue weighted by atomic mass is 16.2. The minimum Gasteiger partial charge on any atom is -0.403 e. The highest BCUT2D eigenvalue weighted by molar-refractivity contribution is 5.77. The quantitative estimate of drug-likeness (QED) is 0.646. The fourth-order valence-corrected chi connectivity index (χ4v) is 2.34. The van der Waals surface area contributed by atoms with Gasteiger partial charge in [0.15, 0.2) is 0 Å². The monoisotopic (exact) mass is 195 g/mol. The van der Waals surface area contributed by atoms with Gasteiger partial charge in [0.2, 0.25) is 5.91 Å². The summed E-state index contributed by atoms with van der Waals surface area (Å²) in [5.74, 6) is 0.331. The van der Waals surface area contributed by atoms with E-state index in [0.717, 1.165) is 38.9 Å². The van der Waals surface area contributed by atoms with E-state index in [2.05, 4.69) is 4.90 Å². The molecular formula is C10H17N3O. The number of amides is 1. The molecule has 0 bridgehead atoms. The number of hydrogen-bond donors (Lipinski definition) is 1. The fraction of sp³-hybridized carbons (Fsp3) is 0.700. The van der Waals surface area contributed by atoms with Gasteiger partial charge in [-0.05, 0) is 12.8 Å². The normalized spacial score (nSPS) is 28.3.